The Balaban J connectivity index is 1.89. The first-order valence-electron chi connectivity index (χ1n) is 7.78. The van der Waals surface area contributed by atoms with Crippen LogP contribution < -0.4 is 10.2 Å². The maximum absolute atomic E-state index is 12.4. The van der Waals surface area contributed by atoms with Gasteiger partial charge in [0.2, 0.25) is 5.91 Å². The fraction of sp³-hybridized carbons (Fsp3) is 0.105. The molecular formula is C19H14Cl2N2O3. The number of allylic oxidation sites excluding steroid dienone is 1. The van der Waals surface area contributed by atoms with Crippen molar-refractivity contribution in [2.75, 3.05) is 10.2 Å². The fourth-order valence-electron chi connectivity index (χ4n) is 2.69. The van der Waals surface area contributed by atoms with Gasteiger partial charge in [-0.25, -0.2) is 0 Å². The molecule has 5 nitrogen and oxygen atoms in total. The van der Waals surface area contributed by atoms with Crippen molar-refractivity contribution < 1.29 is 14.4 Å². The number of nitrogens with one attached hydrogen (secondary N) is 1. The van der Waals surface area contributed by atoms with Gasteiger partial charge < -0.3 is 10.2 Å². The highest BCUT2D eigenvalue weighted by atomic mass is 35.5. The molecule has 1 N–H and O–H groups in total. The number of fused-ring (bicyclic) bond motifs is 1. The van der Waals surface area contributed by atoms with Crippen molar-refractivity contribution >= 4 is 52.2 Å². The van der Waals surface area contributed by atoms with Crippen LogP contribution in [0, 0.1) is 0 Å². The first-order valence-corrected chi connectivity index (χ1v) is 8.54. The lowest BCUT2D eigenvalue weighted by Gasteiger charge is -2.17. The van der Waals surface area contributed by atoms with Crippen molar-refractivity contribution in [3.8, 4) is 0 Å². The standard InChI is InChI=1S/C19H14Cl2N2O3/c1-2-3-17(24)22-12-5-7-16-13(9-12)18(25)19(26)23(16)10-11-4-6-14(20)15(21)8-11/h2-9H,10H2,1H3,(H,22,24). The fourth-order valence-corrected chi connectivity index (χ4v) is 3.01. The molecule has 0 radical (unpaired) electrons. The number of amides is 2. The Labute approximate surface area is 160 Å². The lowest BCUT2D eigenvalue weighted by molar-refractivity contribution is -0.114. The van der Waals surface area contributed by atoms with Crippen molar-refractivity contribution in [1.29, 1.82) is 0 Å². The third-order valence-electron chi connectivity index (χ3n) is 3.88. The molecule has 0 unspecified atom stereocenters. The van der Waals surface area contributed by atoms with Crippen LogP contribution in [-0.4, -0.2) is 17.6 Å². The second-order valence-corrected chi connectivity index (χ2v) is 6.50. The number of carbonyl (C=O) groups excluding carboxylic acids is 3. The number of carbonyl (C=O) groups is 3. The quantitative estimate of drug-likeness (QED) is 0.629. The molecule has 0 atom stereocenters. The molecule has 0 saturated carbocycles. The molecular weight excluding hydrogens is 375 g/mol. The van der Waals surface area contributed by atoms with Gasteiger partial charge in [0.15, 0.2) is 0 Å². The average Bonchev–Trinajstić information content (AvgIpc) is 2.83. The Bertz CT molecular complexity index is 954. The minimum atomic E-state index is -0.622. The monoisotopic (exact) mass is 388 g/mol. The van der Waals surface area contributed by atoms with E-state index >= 15 is 0 Å². The van der Waals surface area contributed by atoms with Gasteiger partial charge in [-0.05, 0) is 48.9 Å². The van der Waals surface area contributed by atoms with Crippen LogP contribution in [0.15, 0.2) is 48.6 Å². The van der Waals surface area contributed by atoms with Gasteiger partial charge in [0.05, 0.1) is 27.8 Å². The molecule has 0 aliphatic carbocycles. The number of hydrogen-bond acceptors (Lipinski definition) is 3. The van der Waals surface area contributed by atoms with Crippen molar-refractivity contribution in [3.63, 3.8) is 0 Å². The van der Waals surface area contributed by atoms with Crippen LogP contribution in [0.5, 0.6) is 0 Å². The van der Waals surface area contributed by atoms with E-state index in [0.717, 1.165) is 5.56 Å². The molecule has 0 spiro atoms. The Morgan fingerprint density at radius 2 is 1.88 bits per heavy atom. The molecule has 1 aliphatic rings. The number of halogens is 2. The second-order valence-electron chi connectivity index (χ2n) is 5.69. The van der Waals surface area contributed by atoms with Gasteiger partial charge in [0.25, 0.3) is 11.7 Å². The minimum Gasteiger partial charge on any atom is -0.322 e. The summed E-state index contributed by atoms with van der Waals surface area (Å²) in [6.07, 6.45) is 2.98. The summed E-state index contributed by atoms with van der Waals surface area (Å²) < 4.78 is 0. The molecule has 2 aromatic carbocycles. The zero-order valence-electron chi connectivity index (χ0n) is 13.8. The van der Waals surface area contributed by atoms with E-state index in [9.17, 15) is 14.4 Å². The molecule has 7 heteroatoms. The van der Waals surface area contributed by atoms with Crippen LogP contribution in [0.2, 0.25) is 10.0 Å². The molecule has 1 heterocycles. The van der Waals surface area contributed by atoms with E-state index in [2.05, 4.69) is 5.32 Å². The maximum atomic E-state index is 12.4. The topological polar surface area (TPSA) is 66.5 Å². The van der Waals surface area contributed by atoms with Gasteiger partial charge in [-0.3, -0.25) is 14.4 Å². The van der Waals surface area contributed by atoms with Gasteiger partial charge in [-0.15, -0.1) is 0 Å². The predicted molar refractivity (Wildman–Crippen MR) is 102 cm³/mol. The largest absolute Gasteiger partial charge is 0.322 e. The summed E-state index contributed by atoms with van der Waals surface area (Å²) >= 11 is 11.9. The van der Waals surface area contributed by atoms with Gasteiger partial charge in [0, 0.05) is 5.69 Å². The Morgan fingerprint density at radius 1 is 1.12 bits per heavy atom. The van der Waals surface area contributed by atoms with Crippen LogP contribution in [0.3, 0.4) is 0 Å². The van der Waals surface area contributed by atoms with Crippen LogP contribution in [-0.2, 0) is 16.1 Å². The molecule has 0 saturated heterocycles. The van der Waals surface area contributed by atoms with Gasteiger partial charge in [0.1, 0.15) is 0 Å². The lowest BCUT2D eigenvalue weighted by Crippen LogP contribution is -2.29. The van der Waals surface area contributed by atoms with Crippen LogP contribution >= 0.6 is 23.2 Å². The summed E-state index contributed by atoms with van der Waals surface area (Å²) in [5, 5.41) is 3.44. The van der Waals surface area contributed by atoms with E-state index in [4.69, 9.17) is 23.2 Å². The smallest absolute Gasteiger partial charge is 0.299 e. The average molecular weight is 389 g/mol. The molecule has 0 fully saturated rings. The summed E-state index contributed by atoms with van der Waals surface area (Å²) in [7, 11) is 0. The summed E-state index contributed by atoms with van der Waals surface area (Å²) in [6.45, 7) is 1.92. The van der Waals surface area contributed by atoms with Crippen LogP contribution in [0.25, 0.3) is 0 Å². The molecule has 26 heavy (non-hydrogen) atoms. The molecule has 0 bridgehead atoms. The molecule has 0 aromatic heterocycles. The summed E-state index contributed by atoms with van der Waals surface area (Å²) in [5.41, 5.74) is 1.95. The van der Waals surface area contributed by atoms with Crippen LogP contribution in [0.4, 0.5) is 11.4 Å². The number of nitrogens with zero attached hydrogens (tertiary/aromatic N) is 1. The van der Waals surface area contributed by atoms with Crippen molar-refractivity contribution in [3.05, 3.63) is 69.7 Å². The molecule has 2 aromatic rings. The molecule has 1 aliphatic heterocycles. The highest BCUT2D eigenvalue weighted by Crippen LogP contribution is 2.33. The van der Waals surface area contributed by atoms with Crippen molar-refractivity contribution in [2.24, 2.45) is 0 Å². The molecule has 3 rings (SSSR count). The lowest BCUT2D eigenvalue weighted by atomic mass is 10.1. The second kappa shape index (κ2) is 7.32. The summed E-state index contributed by atoms with van der Waals surface area (Å²) in [4.78, 5) is 37.7. The summed E-state index contributed by atoms with van der Waals surface area (Å²) in [6, 6.07) is 9.84. The van der Waals surface area contributed by atoms with E-state index < -0.39 is 11.7 Å². The highest BCUT2D eigenvalue weighted by Gasteiger charge is 2.36. The van der Waals surface area contributed by atoms with Crippen molar-refractivity contribution in [1.82, 2.24) is 0 Å². The van der Waals surface area contributed by atoms with E-state index in [0.29, 0.717) is 21.4 Å². The van der Waals surface area contributed by atoms with E-state index in [1.165, 1.54) is 17.0 Å². The predicted octanol–water partition coefficient (Wildman–Crippen LogP) is 4.24. The number of ketones is 1. The van der Waals surface area contributed by atoms with Gasteiger partial charge >= 0.3 is 0 Å². The number of benzene rings is 2. The number of rotatable bonds is 4. The number of anilines is 2. The highest BCUT2D eigenvalue weighted by molar-refractivity contribution is 6.52. The third-order valence-corrected chi connectivity index (χ3v) is 4.62. The number of hydrogen-bond donors (Lipinski definition) is 1. The molecule has 2 amide bonds. The summed E-state index contributed by atoms with van der Waals surface area (Å²) in [5.74, 6) is -1.54. The Hall–Kier alpha value is -2.63. The van der Waals surface area contributed by atoms with E-state index in [1.807, 2.05) is 0 Å². The Kier molecular flexibility index (Phi) is 5.11. The zero-order valence-corrected chi connectivity index (χ0v) is 15.3. The van der Waals surface area contributed by atoms with Gasteiger partial charge in [-0.2, -0.15) is 0 Å². The normalized spacial score (nSPS) is 13.4. The zero-order chi connectivity index (χ0) is 18.8. The first kappa shape index (κ1) is 18.2. The van der Waals surface area contributed by atoms with E-state index in [1.54, 1.807) is 43.3 Å². The maximum Gasteiger partial charge on any atom is 0.299 e. The minimum absolute atomic E-state index is 0.193. The number of Topliss-reactive ketones (excluding diaryl/α,β-unsaturated/α-hetero) is 1. The first-order chi connectivity index (χ1) is 12.4. The Morgan fingerprint density at radius 3 is 2.58 bits per heavy atom. The van der Waals surface area contributed by atoms with Crippen molar-refractivity contribution in [2.45, 2.75) is 13.5 Å². The SMILES string of the molecule is CC=CC(=O)Nc1ccc2c(c1)C(=O)C(=O)N2Cc1ccc(Cl)c(Cl)c1. The van der Waals surface area contributed by atoms with Crippen LogP contribution in [0.1, 0.15) is 22.8 Å². The van der Waals surface area contributed by atoms with E-state index in [-0.39, 0.29) is 18.0 Å². The molecule has 132 valence electrons. The third kappa shape index (κ3) is 3.49. The van der Waals surface area contributed by atoms with Gasteiger partial charge in [-0.1, -0.05) is 35.3 Å².